The zero-order chi connectivity index (χ0) is 14.5. The predicted molar refractivity (Wildman–Crippen MR) is 80.6 cm³/mol. The highest BCUT2D eigenvalue weighted by atomic mass is 19.1. The lowest BCUT2D eigenvalue weighted by Crippen LogP contribution is -2.47. The largest absolute Gasteiger partial charge is 0.375 e. The maximum Gasteiger partial charge on any atom is 0.123 e. The first-order chi connectivity index (χ1) is 10.3. The van der Waals surface area contributed by atoms with E-state index in [1.807, 2.05) is 6.08 Å². The number of hydrogen-bond donors (Lipinski definition) is 0. The van der Waals surface area contributed by atoms with E-state index in [0.29, 0.717) is 0 Å². The van der Waals surface area contributed by atoms with Crippen LogP contribution in [0.3, 0.4) is 0 Å². The van der Waals surface area contributed by atoms with Crippen LogP contribution in [-0.4, -0.2) is 50.0 Å². The molecule has 4 heteroatoms. The zero-order valence-corrected chi connectivity index (χ0v) is 12.2. The monoisotopic (exact) mass is 291 g/mol. The van der Waals surface area contributed by atoms with Crippen molar-refractivity contribution in [3.05, 3.63) is 41.7 Å². The normalized spacial score (nSPS) is 27.5. The number of halogens is 1. The molecule has 2 atom stereocenters. The molecule has 2 aliphatic rings. The van der Waals surface area contributed by atoms with Crippen LogP contribution in [0.4, 0.5) is 4.39 Å². The van der Waals surface area contributed by atoms with Gasteiger partial charge in [-0.05, 0) is 30.5 Å². The van der Waals surface area contributed by atoms with Crippen LogP contribution >= 0.6 is 0 Å². The van der Waals surface area contributed by atoms with E-state index in [-0.39, 0.29) is 18.0 Å². The van der Waals surface area contributed by atoms with Crippen molar-refractivity contribution in [3.8, 4) is 0 Å². The fourth-order valence-electron chi connectivity index (χ4n) is 2.93. The maximum atomic E-state index is 12.8. The molecule has 2 heterocycles. The van der Waals surface area contributed by atoms with Crippen molar-refractivity contribution in [3.63, 3.8) is 0 Å². The minimum atomic E-state index is -0.195. The second kappa shape index (κ2) is 7.16. The standard InChI is InChI=1S/C17H22FNO2/c18-15-7-5-14(6-8-15)3-1-9-19-10-12-21-17(13-19)16-4-2-11-20-16/h1,3,5-8,16-17H,2,4,9-13H2. The van der Waals surface area contributed by atoms with E-state index in [9.17, 15) is 4.39 Å². The molecule has 3 nitrogen and oxygen atoms in total. The molecule has 0 aromatic heterocycles. The predicted octanol–water partition coefficient (Wildman–Crippen LogP) is 2.72. The van der Waals surface area contributed by atoms with Gasteiger partial charge in [0.2, 0.25) is 0 Å². The number of rotatable bonds is 4. The lowest BCUT2D eigenvalue weighted by atomic mass is 10.1. The Morgan fingerprint density at radius 1 is 1.14 bits per heavy atom. The molecule has 2 unspecified atom stereocenters. The second-order valence-corrected chi connectivity index (χ2v) is 5.67. The van der Waals surface area contributed by atoms with Gasteiger partial charge in [0.1, 0.15) is 5.82 Å². The third-order valence-corrected chi connectivity index (χ3v) is 4.10. The lowest BCUT2D eigenvalue weighted by Gasteiger charge is -2.34. The summed E-state index contributed by atoms with van der Waals surface area (Å²) in [6.07, 6.45) is 6.91. The van der Waals surface area contributed by atoms with Crippen molar-refractivity contribution in [2.75, 3.05) is 32.8 Å². The molecule has 1 aromatic rings. The molecule has 114 valence electrons. The summed E-state index contributed by atoms with van der Waals surface area (Å²) < 4.78 is 24.4. The molecule has 0 aliphatic carbocycles. The van der Waals surface area contributed by atoms with E-state index < -0.39 is 0 Å². The summed E-state index contributed by atoms with van der Waals surface area (Å²) in [6.45, 7) is 4.42. The average molecular weight is 291 g/mol. The Bertz CT molecular complexity index is 468. The van der Waals surface area contributed by atoms with E-state index in [2.05, 4.69) is 11.0 Å². The molecule has 2 aliphatic heterocycles. The van der Waals surface area contributed by atoms with E-state index in [1.54, 1.807) is 12.1 Å². The molecule has 0 spiro atoms. The Morgan fingerprint density at radius 3 is 2.71 bits per heavy atom. The molecule has 0 saturated carbocycles. The van der Waals surface area contributed by atoms with Gasteiger partial charge in [0.25, 0.3) is 0 Å². The smallest absolute Gasteiger partial charge is 0.123 e. The van der Waals surface area contributed by atoms with Gasteiger partial charge in [-0.3, -0.25) is 4.90 Å². The van der Waals surface area contributed by atoms with Crippen molar-refractivity contribution in [2.24, 2.45) is 0 Å². The summed E-state index contributed by atoms with van der Waals surface area (Å²) in [7, 11) is 0. The van der Waals surface area contributed by atoms with Crippen LogP contribution in [0.15, 0.2) is 30.3 Å². The number of nitrogens with zero attached hydrogens (tertiary/aromatic N) is 1. The first-order valence-corrected chi connectivity index (χ1v) is 7.69. The molecule has 2 fully saturated rings. The van der Waals surface area contributed by atoms with Gasteiger partial charge in [0.15, 0.2) is 0 Å². The quantitative estimate of drug-likeness (QED) is 0.851. The lowest BCUT2D eigenvalue weighted by molar-refractivity contribution is -0.0920. The Kier molecular flexibility index (Phi) is 5.01. The van der Waals surface area contributed by atoms with Crippen LogP contribution < -0.4 is 0 Å². The Balaban J connectivity index is 1.49. The van der Waals surface area contributed by atoms with Crippen molar-refractivity contribution in [2.45, 2.75) is 25.0 Å². The van der Waals surface area contributed by atoms with Gasteiger partial charge in [0, 0.05) is 26.2 Å². The minimum Gasteiger partial charge on any atom is -0.375 e. The van der Waals surface area contributed by atoms with Gasteiger partial charge in [0.05, 0.1) is 18.8 Å². The second-order valence-electron chi connectivity index (χ2n) is 5.67. The first kappa shape index (κ1) is 14.7. The third kappa shape index (κ3) is 4.13. The molecule has 3 rings (SSSR count). The first-order valence-electron chi connectivity index (χ1n) is 7.69. The van der Waals surface area contributed by atoms with Gasteiger partial charge in [-0.1, -0.05) is 24.3 Å². The van der Waals surface area contributed by atoms with Gasteiger partial charge < -0.3 is 9.47 Å². The van der Waals surface area contributed by atoms with Gasteiger partial charge in [-0.2, -0.15) is 0 Å². The van der Waals surface area contributed by atoms with Crippen LogP contribution in [0, 0.1) is 5.82 Å². The van der Waals surface area contributed by atoms with Crippen molar-refractivity contribution >= 4 is 6.08 Å². The molecule has 0 N–H and O–H groups in total. The molecule has 2 saturated heterocycles. The van der Waals surface area contributed by atoms with Crippen molar-refractivity contribution in [1.29, 1.82) is 0 Å². The summed E-state index contributed by atoms with van der Waals surface area (Å²) in [5.74, 6) is -0.195. The summed E-state index contributed by atoms with van der Waals surface area (Å²) in [4.78, 5) is 2.38. The van der Waals surface area contributed by atoms with Crippen molar-refractivity contribution < 1.29 is 13.9 Å². The minimum absolute atomic E-state index is 0.195. The van der Waals surface area contributed by atoms with E-state index in [4.69, 9.17) is 9.47 Å². The fraction of sp³-hybridized carbons (Fsp3) is 0.529. The zero-order valence-electron chi connectivity index (χ0n) is 12.2. The molecular formula is C17H22FNO2. The Hall–Kier alpha value is -1.23. The molecule has 0 amide bonds. The Labute approximate surface area is 125 Å². The topological polar surface area (TPSA) is 21.7 Å². The number of benzene rings is 1. The van der Waals surface area contributed by atoms with Gasteiger partial charge in [-0.25, -0.2) is 4.39 Å². The highest BCUT2D eigenvalue weighted by molar-refractivity contribution is 5.48. The van der Waals surface area contributed by atoms with Crippen LogP contribution in [0.5, 0.6) is 0 Å². The highest BCUT2D eigenvalue weighted by Gasteiger charge is 2.30. The molecular weight excluding hydrogens is 269 g/mol. The number of morpholine rings is 1. The van der Waals surface area contributed by atoms with E-state index in [0.717, 1.165) is 51.3 Å². The van der Waals surface area contributed by atoms with Crippen LogP contribution in [0.1, 0.15) is 18.4 Å². The number of ether oxygens (including phenoxy) is 2. The summed E-state index contributed by atoms with van der Waals surface area (Å²) in [5, 5.41) is 0. The molecule has 0 bridgehead atoms. The van der Waals surface area contributed by atoms with Gasteiger partial charge >= 0.3 is 0 Å². The van der Waals surface area contributed by atoms with Crippen LogP contribution in [-0.2, 0) is 9.47 Å². The highest BCUT2D eigenvalue weighted by Crippen LogP contribution is 2.20. The van der Waals surface area contributed by atoms with E-state index >= 15 is 0 Å². The van der Waals surface area contributed by atoms with Gasteiger partial charge in [-0.15, -0.1) is 0 Å². The summed E-state index contributed by atoms with van der Waals surface area (Å²) in [5.41, 5.74) is 1.03. The van der Waals surface area contributed by atoms with E-state index in [1.165, 1.54) is 12.1 Å². The Morgan fingerprint density at radius 2 is 1.95 bits per heavy atom. The summed E-state index contributed by atoms with van der Waals surface area (Å²) in [6, 6.07) is 6.56. The molecule has 1 aromatic carbocycles. The SMILES string of the molecule is Fc1ccc(C=CCN2CCOC(C3CCCO3)C2)cc1. The van der Waals surface area contributed by atoms with Crippen molar-refractivity contribution in [1.82, 2.24) is 4.90 Å². The van der Waals surface area contributed by atoms with Crippen LogP contribution in [0.25, 0.3) is 6.08 Å². The third-order valence-electron chi connectivity index (χ3n) is 4.10. The molecule has 0 radical (unpaired) electrons. The number of hydrogen-bond acceptors (Lipinski definition) is 3. The average Bonchev–Trinajstić information content (AvgIpc) is 3.04. The van der Waals surface area contributed by atoms with Crippen LogP contribution in [0.2, 0.25) is 0 Å². The molecule has 21 heavy (non-hydrogen) atoms. The maximum absolute atomic E-state index is 12.8. The summed E-state index contributed by atoms with van der Waals surface area (Å²) >= 11 is 0. The fourth-order valence-corrected chi connectivity index (χ4v) is 2.93.